The zero-order valence-electron chi connectivity index (χ0n) is 14.1. The van der Waals surface area contributed by atoms with Gasteiger partial charge in [-0.3, -0.25) is 0 Å². The molecule has 0 spiro atoms. The summed E-state index contributed by atoms with van der Waals surface area (Å²) in [6, 6.07) is 12.9. The van der Waals surface area contributed by atoms with Crippen molar-refractivity contribution in [3.63, 3.8) is 0 Å². The van der Waals surface area contributed by atoms with Gasteiger partial charge in [-0.15, -0.1) is 0 Å². The van der Waals surface area contributed by atoms with E-state index in [1.165, 1.54) is 24.3 Å². The van der Waals surface area contributed by atoms with E-state index in [0.717, 1.165) is 24.2 Å². The number of halogens is 1. The fourth-order valence-electron chi connectivity index (χ4n) is 2.28. The van der Waals surface area contributed by atoms with E-state index in [4.69, 9.17) is 9.47 Å². The van der Waals surface area contributed by atoms with Gasteiger partial charge in [0, 0.05) is 0 Å². The first-order valence-corrected chi connectivity index (χ1v) is 8.33. The molecule has 2 aromatic carbocycles. The lowest BCUT2D eigenvalue weighted by Gasteiger charge is -2.17. The molecule has 0 fully saturated rings. The second-order valence-electron chi connectivity index (χ2n) is 5.58. The van der Waals surface area contributed by atoms with Crippen molar-refractivity contribution >= 4 is 5.97 Å². The van der Waals surface area contributed by atoms with E-state index in [1.54, 1.807) is 0 Å². The van der Waals surface area contributed by atoms with Crippen molar-refractivity contribution in [2.75, 3.05) is 6.61 Å². The summed E-state index contributed by atoms with van der Waals surface area (Å²) in [5, 5.41) is 0. The number of hydrogen-bond donors (Lipinski definition) is 0. The third-order valence-electron chi connectivity index (χ3n) is 3.72. The molecule has 0 radical (unpaired) electrons. The first-order valence-electron chi connectivity index (χ1n) is 8.33. The Labute approximate surface area is 142 Å². The van der Waals surface area contributed by atoms with Crippen LogP contribution < -0.4 is 4.74 Å². The SMILES string of the molecule is CCCCOc1ccc(C(CC)OC(=O)c2ccc(F)cc2)cc1. The van der Waals surface area contributed by atoms with Crippen LogP contribution in [0.1, 0.15) is 55.1 Å². The third kappa shape index (κ3) is 5.08. The molecule has 0 bridgehead atoms. The molecule has 0 aromatic heterocycles. The molecule has 24 heavy (non-hydrogen) atoms. The smallest absolute Gasteiger partial charge is 0.338 e. The quantitative estimate of drug-likeness (QED) is 0.486. The van der Waals surface area contributed by atoms with E-state index in [9.17, 15) is 9.18 Å². The molecule has 0 aliphatic carbocycles. The van der Waals surface area contributed by atoms with E-state index in [2.05, 4.69) is 6.92 Å². The van der Waals surface area contributed by atoms with Crippen LogP contribution in [-0.4, -0.2) is 12.6 Å². The molecule has 4 heteroatoms. The van der Waals surface area contributed by atoms with E-state index < -0.39 is 5.97 Å². The molecule has 128 valence electrons. The second-order valence-corrected chi connectivity index (χ2v) is 5.58. The Balaban J connectivity index is 1.99. The minimum atomic E-state index is -0.454. The summed E-state index contributed by atoms with van der Waals surface area (Å²) in [5.74, 6) is -0.0192. The maximum atomic E-state index is 12.9. The Bertz CT molecular complexity index is 635. The van der Waals surface area contributed by atoms with Crippen molar-refractivity contribution < 1.29 is 18.7 Å². The summed E-state index contributed by atoms with van der Waals surface area (Å²) in [5.41, 5.74) is 1.25. The summed E-state index contributed by atoms with van der Waals surface area (Å²) in [6.45, 7) is 4.77. The molecule has 1 atom stereocenters. The van der Waals surface area contributed by atoms with Crippen molar-refractivity contribution in [1.82, 2.24) is 0 Å². The molecule has 0 heterocycles. The summed E-state index contributed by atoms with van der Waals surface area (Å²) in [6.07, 6.45) is 2.43. The lowest BCUT2D eigenvalue weighted by molar-refractivity contribution is 0.0288. The van der Waals surface area contributed by atoms with Crippen LogP contribution in [0.3, 0.4) is 0 Å². The average Bonchev–Trinajstić information content (AvgIpc) is 2.61. The molecule has 0 aliphatic rings. The summed E-state index contributed by atoms with van der Waals surface area (Å²) < 4.78 is 24.1. The Morgan fingerprint density at radius 1 is 1.04 bits per heavy atom. The van der Waals surface area contributed by atoms with Crippen molar-refractivity contribution in [3.8, 4) is 5.75 Å². The highest BCUT2D eigenvalue weighted by atomic mass is 19.1. The fourth-order valence-corrected chi connectivity index (χ4v) is 2.28. The molecular formula is C20H23FO3. The van der Waals surface area contributed by atoms with Crippen LogP contribution in [-0.2, 0) is 4.74 Å². The number of benzene rings is 2. The van der Waals surface area contributed by atoms with Gasteiger partial charge in [-0.25, -0.2) is 9.18 Å². The molecule has 1 unspecified atom stereocenters. The van der Waals surface area contributed by atoms with Crippen LogP contribution in [0, 0.1) is 5.82 Å². The molecule has 0 amide bonds. The normalized spacial score (nSPS) is 11.8. The lowest BCUT2D eigenvalue weighted by atomic mass is 10.1. The Kier molecular flexibility index (Phi) is 6.79. The Morgan fingerprint density at radius 3 is 2.29 bits per heavy atom. The van der Waals surface area contributed by atoms with Crippen LogP contribution in [0.4, 0.5) is 4.39 Å². The number of rotatable bonds is 8. The molecule has 0 aliphatic heterocycles. The van der Waals surface area contributed by atoms with Gasteiger partial charge in [-0.2, -0.15) is 0 Å². The maximum Gasteiger partial charge on any atom is 0.338 e. The highest BCUT2D eigenvalue weighted by Crippen LogP contribution is 2.25. The Hall–Kier alpha value is -2.36. The first-order chi connectivity index (χ1) is 11.6. The topological polar surface area (TPSA) is 35.5 Å². The summed E-state index contributed by atoms with van der Waals surface area (Å²) >= 11 is 0. The summed E-state index contributed by atoms with van der Waals surface area (Å²) in [7, 11) is 0. The van der Waals surface area contributed by atoms with Crippen LogP contribution in [0.5, 0.6) is 5.75 Å². The van der Waals surface area contributed by atoms with Gasteiger partial charge in [0.2, 0.25) is 0 Å². The Morgan fingerprint density at radius 2 is 1.71 bits per heavy atom. The predicted molar refractivity (Wildman–Crippen MR) is 91.7 cm³/mol. The standard InChI is InChI=1S/C20H23FO3/c1-3-5-14-23-18-12-8-15(9-13-18)19(4-2)24-20(22)16-6-10-17(21)11-7-16/h6-13,19H,3-5,14H2,1-2H3. The molecule has 0 saturated carbocycles. The van der Waals surface area contributed by atoms with Gasteiger partial charge < -0.3 is 9.47 Å². The van der Waals surface area contributed by atoms with Gasteiger partial charge in [0.15, 0.2) is 0 Å². The highest BCUT2D eigenvalue weighted by Gasteiger charge is 2.16. The molecule has 3 nitrogen and oxygen atoms in total. The van der Waals surface area contributed by atoms with E-state index in [-0.39, 0.29) is 11.9 Å². The second kappa shape index (κ2) is 9.06. The average molecular weight is 330 g/mol. The van der Waals surface area contributed by atoms with Gasteiger partial charge in [0.1, 0.15) is 17.7 Å². The minimum Gasteiger partial charge on any atom is -0.494 e. The molecule has 2 aromatic rings. The van der Waals surface area contributed by atoms with Crippen molar-refractivity contribution in [2.45, 2.75) is 39.2 Å². The van der Waals surface area contributed by atoms with Gasteiger partial charge in [0.05, 0.1) is 12.2 Å². The zero-order chi connectivity index (χ0) is 17.4. The lowest BCUT2D eigenvalue weighted by Crippen LogP contribution is -2.11. The monoisotopic (exact) mass is 330 g/mol. The summed E-state index contributed by atoms with van der Waals surface area (Å²) in [4.78, 5) is 12.2. The predicted octanol–water partition coefficient (Wildman–Crippen LogP) is 5.31. The van der Waals surface area contributed by atoms with Crippen molar-refractivity contribution in [1.29, 1.82) is 0 Å². The number of ether oxygens (including phenoxy) is 2. The molecule has 2 rings (SSSR count). The largest absolute Gasteiger partial charge is 0.494 e. The van der Waals surface area contributed by atoms with Crippen LogP contribution in [0.2, 0.25) is 0 Å². The number of hydrogen-bond acceptors (Lipinski definition) is 3. The zero-order valence-corrected chi connectivity index (χ0v) is 14.1. The van der Waals surface area contributed by atoms with E-state index in [1.807, 2.05) is 31.2 Å². The van der Waals surface area contributed by atoms with Crippen molar-refractivity contribution in [3.05, 3.63) is 65.5 Å². The van der Waals surface area contributed by atoms with Crippen molar-refractivity contribution in [2.24, 2.45) is 0 Å². The first kappa shape index (κ1) is 18.0. The number of carbonyl (C=O) groups is 1. The van der Waals surface area contributed by atoms with Crippen LogP contribution >= 0.6 is 0 Å². The van der Waals surface area contributed by atoms with Crippen LogP contribution in [0.25, 0.3) is 0 Å². The number of esters is 1. The fraction of sp³-hybridized carbons (Fsp3) is 0.350. The minimum absolute atomic E-state index is 0.341. The van der Waals surface area contributed by atoms with Gasteiger partial charge in [-0.1, -0.05) is 32.4 Å². The van der Waals surface area contributed by atoms with Gasteiger partial charge >= 0.3 is 5.97 Å². The highest BCUT2D eigenvalue weighted by molar-refractivity contribution is 5.89. The molecular weight excluding hydrogens is 307 g/mol. The number of unbranched alkanes of at least 4 members (excludes halogenated alkanes) is 1. The number of carbonyl (C=O) groups excluding carboxylic acids is 1. The van der Waals surface area contributed by atoms with Gasteiger partial charge in [-0.05, 0) is 54.8 Å². The third-order valence-corrected chi connectivity index (χ3v) is 3.72. The van der Waals surface area contributed by atoms with Crippen LogP contribution in [0.15, 0.2) is 48.5 Å². The maximum absolute atomic E-state index is 12.9. The molecule has 0 saturated heterocycles. The molecule has 0 N–H and O–H groups in total. The van der Waals surface area contributed by atoms with Gasteiger partial charge in [0.25, 0.3) is 0 Å². The van der Waals surface area contributed by atoms with E-state index >= 15 is 0 Å². The van der Waals surface area contributed by atoms with E-state index in [0.29, 0.717) is 18.6 Å².